The number of hydrogen-bond donors (Lipinski definition) is 0. The minimum atomic E-state index is -0.0881. The van der Waals surface area contributed by atoms with E-state index in [1.165, 1.54) is 77.2 Å². The van der Waals surface area contributed by atoms with E-state index < -0.39 is 0 Å². The zero-order valence-electron chi connectivity index (χ0n) is 30.4. The number of anilines is 2. The molecule has 0 unspecified atom stereocenters. The first-order chi connectivity index (χ1) is 26.0. The molecule has 0 saturated carbocycles. The number of allylic oxidation sites excluding steroid dienone is 3. The molecule has 0 radical (unpaired) electrons. The van der Waals surface area contributed by atoms with E-state index in [2.05, 4.69) is 220 Å². The Kier molecular flexibility index (Phi) is 8.13. The molecular formula is C52H41N. The van der Waals surface area contributed by atoms with Crippen molar-refractivity contribution in [3.63, 3.8) is 0 Å². The summed E-state index contributed by atoms with van der Waals surface area (Å²) in [6, 6.07) is 64.2. The number of benzene rings is 8. The van der Waals surface area contributed by atoms with Crippen molar-refractivity contribution < 1.29 is 0 Å². The van der Waals surface area contributed by atoms with Gasteiger partial charge in [0.2, 0.25) is 0 Å². The smallest absolute Gasteiger partial charge is 0.0612 e. The van der Waals surface area contributed by atoms with Crippen LogP contribution >= 0.6 is 0 Å². The fourth-order valence-corrected chi connectivity index (χ4v) is 8.43. The van der Waals surface area contributed by atoms with Crippen LogP contribution in [0.2, 0.25) is 0 Å². The molecular weight excluding hydrogens is 639 g/mol. The van der Waals surface area contributed by atoms with E-state index in [1.807, 2.05) is 0 Å². The maximum atomic E-state index is 2.38. The zero-order valence-corrected chi connectivity index (χ0v) is 30.4. The highest BCUT2D eigenvalue weighted by atomic mass is 15.1. The monoisotopic (exact) mass is 679 g/mol. The van der Waals surface area contributed by atoms with Crippen molar-refractivity contribution in [2.75, 3.05) is 4.90 Å². The molecule has 1 nitrogen and oxygen atoms in total. The molecule has 1 aliphatic rings. The molecule has 8 aromatic rings. The Balaban J connectivity index is 1.20. The van der Waals surface area contributed by atoms with E-state index in [0.29, 0.717) is 0 Å². The fraction of sp³-hybridized carbons (Fsp3) is 0.0769. The summed E-state index contributed by atoms with van der Waals surface area (Å²) in [5.41, 5.74) is 14.9. The fourth-order valence-electron chi connectivity index (χ4n) is 8.43. The van der Waals surface area contributed by atoms with Crippen LogP contribution in [0.1, 0.15) is 37.5 Å². The lowest BCUT2D eigenvalue weighted by molar-refractivity contribution is 0.662. The van der Waals surface area contributed by atoms with Crippen LogP contribution in [0.3, 0.4) is 0 Å². The van der Waals surface area contributed by atoms with Crippen molar-refractivity contribution in [1.82, 2.24) is 0 Å². The van der Waals surface area contributed by atoms with Crippen LogP contribution < -0.4 is 4.90 Å². The number of nitrogens with zero attached hydrogens (tertiary/aromatic N) is 1. The van der Waals surface area contributed by atoms with Crippen LogP contribution in [-0.2, 0) is 5.41 Å². The SMILES string of the molecule is C/C=C(\C=C\N(c1ccc(-c2cccc3c2C(C)(C)c2ccccc2-3)cc1)c1c(-c2ccccc2)ccc2ccccc12)c1ccc2ccccc2c1. The van der Waals surface area contributed by atoms with Gasteiger partial charge in [-0.15, -0.1) is 0 Å². The normalized spacial score (nSPS) is 13.4. The van der Waals surface area contributed by atoms with Crippen LogP contribution in [0, 0.1) is 0 Å². The topological polar surface area (TPSA) is 3.24 Å². The molecule has 0 aromatic heterocycles. The lowest BCUT2D eigenvalue weighted by atomic mass is 9.79. The van der Waals surface area contributed by atoms with E-state index in [-0.39, 0.29) is 5.41 Å². The highest BCUT2D eigenvalue weighted by Gasteiger charge is 2.37. The van der Waals surface area contributed by atoms with Gasteiger partial charge in [-0.1, -0.05) is 178 Å². The van der Waals surface area contributed by atoms with E-state index in [0.717, 1.165) is 11.4 Å². The van der Waals surface area contributed by atoms with E-state index in [1.54, 1.807) is 0 Å². The summed E-state index contributed by atoms with van der Waals surface area (Å²) in [6.45, 7) is 6.85. The third kappa shape index (κ3) is 5.66. The van der Waals surface area contributed by atoms with E-state index in [4.69, 9.17) is 0 Å². The summed E-state index contributed by atoms with van der Waals surface area (Å²) in [4.78, 5) is 2.38. The van der Waals surface area contributed by atoms with Gasteiger partial charge in [0.05, 0.1) is 5.69 Å². The van der Waals surface area contributed by atoms with Gasteiger partial charge in [0, 0.05) is 28.3 Å². The molecule has 0 saturated heterocycles. The Morgan fingerprint density at radius 3 is 1.96 bits per heavy atom. The first-order valence-electron chi connectivity index (χ1n) is 18.6. The minimum absolute atomic E-state index is 0.0881. The summed E-state index contributed by atoms with van der Waals surface area (Å²) in [5.74, 6) is 0. The largest absolute Gasteiger partial charge is 0.316 e. The second kappa shape index (κ2) is 13.3. The molecule has 9 rings (SSSR count). The summed E-state index contributed by atoms with van der Waals surface area (Å²) in [5, 5.41) is 4.90. The van der Waals surface area contributed by atoms with Crippen molar-refractivity contribution in [2.24, 2.45) is 0 Å². The van der Waals surface area contributed by atoms with Crippen molar-refractivity contribution in [2.45, 2.75) is 26.2 Å². The van der Waals surface area contributed by atoms with Gasteiger partial charge in [-0.25, -0.2) is 0 Å². The lowest BCUT2D eigenvalue weighted by Gasteiger charge is -2.27. The first kappa shape index (κ1) is 32.5. The van der Waals surface area contributed by atoms with Gasteiger partial charge in [-0.2, -0.15) is 0 Å². The molecule has 0 heterocycles. The third-order valence-corrected chi connectivity index (χ3v) is 11.1. The molecule has 0 fully saturated rings. The highest BCUT2D eigenvalue weighted by Crippen LogP contribution is 2.52. The second-order valence-electron chi connectivity index (χ2n) is 14.5. The van der Waals surface area contributed by atoms with E-state index in [9.17, 15) is 0 Å². The summed E-state index contributed by atoms with van der Waals surface area (Å²) in [7, 11) is 0. The van der Waals surface area contributed by atoms with Gasteiger partial charge in [0.25, 0.3) is 0 Å². The number of hydrogen-bond acceptors (Lipinski definition) is 1. The van der Waals surface area contributed by atoms with Gasteiger partial charge in [-0.3, -0.25) is 0 Å². The average Bonchev–Trinajstić information content (AvgIpc) is 3.46. The molecule has 0 atom stereocenters. The molecule has 0 bridgehead atoms. The minimum Gasteiger partial charge on any atom is -0.316 e. The summed E-state index contributed by atoms with van der Waals surface area (Å²) in [6.07, 6.45) is 6.73. The van der Waals surface area contributed by atoms with Gasteiger partial charge in [0.15, 0.2) is 0 Å². The third-order valence-electron chi connectivity index (χ3n) is 11.1. The number of fused-ring (bicyclic) bond motifs is 5. The quantitative estimate of drug-likeness (QED) is 0.152. The number of rotatable bonds is 7. The Labute approximate surface area is 312 Å². The molecule has 1 heteroatoms. The van der Waals surface area contributed by atoms with Crippen LogP contribution in [0.4, 0.5) is 11.4 Å². The van der Waals surface area contributed by atoms with Crippen molar-refractivity contribution in [3.8, 4) is 33.4 Å². The Hall–Kier alpha value is -6.44. The molecule has 0 N–H and O–H groups in total. The van der Waals surface area contributed by atoms with Crippen LogP contribution in [0.25, 0.3) is 60.5 Å². The molecule has 0 aliphatic heterocycles. The van der Waals surface area contributed by atoms with Crippen molar-refractivity contribution >= 4 is 38.5 Å². The standard InChI is InChI=1S/C52H41N/c1-4-36(42-26-25-37-15-8-9-19-41(37)35-42)33-34-53(51-45-20-11-10-18-39(45)29-32-46(51)38-16-6-5-7-17-38)43-30-27-40(28-31-43)44-22-14-23-48-47-21-12-13-24-49(47)52(2,3)50(44)48/h4-35H,1-3H3/b34-33+,36-4+. The maximum Gasteiger partial charge on any atom is 0.0612 e. The Morgan fingerprint density at radius 1 is 0.509 bits per heavy atom. The average molecular weight is 680 g/mol. The van der Waals surface area contributed by atoms with E-state index >= 15 is 0 Å². The van der Waals surface area contributed by atoms with Gasteiger partial charge in [-0.05, 0) is 97.4 Å². The van der Waals surface area contributed by atoms with Crippen LogP contribution in [0.15, 0.2) is 194 Å². The van der Waals surface area contributed by atoms with Gasteiger partial charge < -0.3 is 4.90 Å². The summed E-state index contributed by atoms with van der Waals surface area (Å²) < 4.78 is 0. The van der Waals surface area contributed by atoms with Crippen LogP contribution in [-0.4, -0.2) is 0 Å². The van der Waals surface area contributed by atoms with Crippen molar-refractivity contribution in [3.05, 3.63) is 211 Å². The Morgan fingerprint density at radius 2 is 1.15 bits per heavy atom. The second-order valence-corrected chi connectivity index (χ2v) is 14.5. The van der Waals surface area contributed by atoms with Gasteiger partial charge >= 0.3 is 0 Å². The Bertz CT molecular complexity index is 2690. The predicted octanol–water partition coefficient (Wildman–Crippen LogP) is 14.4. The molecule has 0 spiro atoms. The summed E-state index contributed by atoms with van der Waals surface area (Å²) >= 11 is 0. The first-order valence-corrected chi connectivity index (χ1v) is 18.6. The maximum absolute atomic E-state index is 2.38. The molecule has 254 valence electrons. The molecule has 0 amide bonds. The molecule has 1 aliphatic carbocycles. The predicted molar refractivity (Wildman–Crippen MR) is 228 cm³/mol. The van der Waals surface area contributed by atoms with Gasteiger partial charge in [0.1, 0.15) is 0 Å². The highest BCUT2D eigenvalue weighted by molar-refractivity contribution is 6.04. The lowest BCUT2D eigenvalue weighted by Crippen LogP contribution is -2.16. The molecule has 53 heavy (non-hydrogen) atoms. The van der Waals surface area contributed by atoms with Crippen LogP contribution in [0.5, 0.6) is 0 Å². The zero-order chi connectivity index (χ0) is 35.9. The molecule has 8 aromatic carbocycles. The van der Waals surface area contributed by atoms with Crippen molar-refractivity contribution in [1.29, 1.82) is 0 Å².